The highest BCUT2D eigenvalue weighted by atomic mass is 32.2. The van der Waals surface area contributed by atoms with E-state index < -0.39 is 10.0 Å². The second-order valence-electron chi connectivity index (χ2n) is 5.74. The molecule has 0 bridgehead atoms. The van der Waals surface area contributed by atoms with Crippen molar-refractivity contribution in [1.29, 1.82) is 0 Å². The first-order chi connectivity index (χ1) is 11.5. The van der Waals surface area contributed by atoms with Crippen molar-refractivity contribution in [1.82, 2.24) is 10.6 Å². The number of benzene rings is 1. The van der Waals surface area contributed by atoms with Gasteiger partial charge in [0, 0.05) is 18.3 Å². The maximum absolute atomic E-state index is 11.5. The van der Waals surface area contributed by atoms with Crippen LogP contribution < -0.4 is 15.4 Å². The Hall–Kier alpha value is -1.41. The summed E-state index contributed by atoms with van der Waals surface area (Å²) in [5.41, 5.74) is 1.42. The van der Waals surface area contributed by atoms with Crippen LogP contribution >= 0.6 is 11.8 Å². The number of hydrogen-bond donors (Lipinski definition) is 3. The third-order valence-electron chi connectivity index (χ3n) is 3.59. The van der Waals surface area contributed by atoms with Crippen LogP contribution in [0.15, 0.2) is 29.3 Å². The Balaban J connectivity index is 2.02. The third kappa shape index (κ3) is 6.60. The highest BCUT2D eigenvalue weighted by Crippen LogP contribution is 2.25. The first-order valence-electron chi connectivity index (χ1n) is 8.17. The minimum atomic E-state index is -3.30. The van der Waals surface area contributed by atoms with E-state index in [1.54, 1.807) is 6.07 Å². The molecule has 1 aliphatic rings. The van der Waals surface area contributed by atoms with Crippen LogP contribution in [0.4, 0.5) is 5.69 Å². The van der Waals surface area contributed by atoms with Gasteiger partial charge >= 0.3 is 0 Å². The smallest absolute Gasteiger partial charge is 0.229 e. The van der Waals surface area contributed by atoms with Crippen molar-refractivity contribution in [2.75, 3.05) is 29.8 Å². The van der Waals surface area contributed by atoms with E-state index >= 15 is 0 Å². The Labute approximate surface area is 149 Å². The molecule has 0 aromatic heterocycles. The first-order valence-corrected chi connectivity index (χ1v) is 11.1. The molecule has 1 aliphatic heterocycles. The van der Waals surface area contributed by atoms with Crippen LogP contribution in [0.3, 0.4) is 0 Å². The molecule has 0 radical (unpaired) electrons. The summed E-state index contributed by atoms with van der Waals surface area (Å²) in [4.78, 5) is 4.59. The van der Waals surface area contributed by atoms with Crippen LogP contribution in [0.2, 0.25) is 0 Å². The maximum atomic E-state index is 11.5. The predicted molar refractivity (Wildman–Crippen MR) is 103 cm³/mol. The molecule has 0 aliphatic carbocycles. The van der Waals surface area contributed by atoms with Gasteiger partial charge in [0.05, 0.1) is 18.5 Å². The van der Waals surface area contributed by atoms with Gasteiger partial charge in [-0.15, -0.1) is 0 Å². The van der Waals surface area contributed by atoms with E-state index in [0.717, 1.165) is 30.9 Å². The zero-order chi connectivity index (χ0) is 17.4. The number of anilines is 1. The van der Waals surface area contributed by atoms with Gasteiger partial charge < -0.3 is 10.6 Å². The largest absolute Gasteiger partial charge is 0.357 e. The van der Waals surface area contributed by atoms with E-state index in [1.807, 2.05) is 36.9 Å². The molecule has 24 heavy (non-hydrogen) atoms. The lowest BCUT2D eigenvalue weighted by Crippen LogP contribution is -2.40. The van der Waals surface area contributed by atoms with Gasteiger partial charge in [0.1, 0.15) is 0 Å². The lowest BCUT2D eigenvalue weighted by Gasteiger charge is -2.15. The lowest BCUT2D eigenvalue weighted by atomic mass is 10.2. The first kappa shape index (κ1) is 18.9. The summed E-state index contributed by atoms with van der Waals surface area (Å²) in [5.74, 6) is 2.00. The van der Waals surface area contributed by atoms with Gasteiger partial charge in [0.2, 0.25) is 10.0 Å². The number of aliphatic imine (C=N–C) groups is 1. The van der Waals surface area contributed by atoms with Crippen LogP contribution in [-0.4, -0.2) is 44.7 Å². The molecular weight excluding hydrogens is 344 g/mol. The number of sulfonamides is 1. The molecule has 1 atom stereocenters. The zero-order valence-corrected chi connectivity index (χ0v) is 15.8. The highest BCUT2D eigenvalue weighted by molar-refractivity contribution is 8.00. The predicted octanol–water partition coefficient (Wildman–Crippen LogP) is 2.01. The summed E-state index contributed by atoms with van der Waals surface area (Å²) < 4.78 is 25.5. The number of rotatable bonds is 7. The van der Waals surface area contributed by atoms with Crippen molar-refractivity contribution < 1.29 is 8.42 Å². The molecule has 1 unspecified atom stereocenters. The highest BCUT2D eigenvalue weighted by Gasteiger charge is 2.15. The van der Waals surface area contributed by atoms with E-state index in [2.05, 4.69) is 20.3 Å². The number of para-hydroxylation sites is 1. The third-order valence-corrected chi connectivity index (χ3v) is 5.57. The molecule has 1 fully saturated rings. The van der Waals surface area contributed by atoms with Gasteiger partial charge in [-0.05, 0) is 37.1 Å². The molecule has 1 heterocycles. The van der Waals surface area contributed by atoms with Crippen LogP contribution in [0.1, 0.15) is 25.3 Å². The molecule has 0 saturated carbocycles. The molecule has 6 nitrogen and oxygen atoms in total. The van der Waals surface area contributed by atoms with Crippen molar-refractivity contribution in [2.45, 2.75) is 31.6 Å². The van der Waals surface area contributed by atoms with Gasteiger partial charge in [-0.3, -0.25) is 4.72 Å². The lowest BCUT2D eigenvalue weighted by molar-refractivity contribution is 0.606. The van der Waals surface area contributed by atoms with Crippen molar-refractivity contribution in [3.05, 3.63) is 29.8 Å². The van der Waals surface area contributed by atoms with Crippen molar-refractivity contribution in [2.24, 2.45) is 4.99 Å². The Morgan fingerprint density at radius 1 is 1.33 bits per heavy atom. The quantitative estimate of drug-likeness (QED) is 0.505. The minimum Gasteiger partial charge on any atom is -0.357 e. The number of guanidine groups is 1. The summed E-state index contributed by atoms with van der Waals surface area (Å²) >= 11 is 2.00. The Morgan fingerprint density at radius 2 is 2.12 bits per heavy atom. The number of hydrogen-bond acceptors (Lipinski definition) is 4. The van der Waals surface area contributed by atoms with Crippen LogP contribution in [0.25, 0.3) is 0 Å². The van der Waals surface area contributed by atoms with E-state index in [4.69, 9.17) is 0 Å². The minimum absolute atomic E-state index is 0.409. The van der Waals surface area contributed by atoms with Crippen LogP contribution in [0.5, 0.6) is 0 Å². The standard InChI is InChI=1S/C16H26N4O2S2/c1-3-17-16(19-12-14-8-6-10-23-14)18-11-13-7-4-5-9-15(13)20-24(2,21)22/h4-5,7,9,14,20H,3,6,8,10-12H2,1-2H3,(H2,17,18,19). The fourth-order valence-electron chi connectivity index (χ4n) is 2.48. The fraction of sp³-hybridized carbons (Fsp3) is 0.562. The van der Waals surface area contributed by atoms with Gasteiger partial charge in [-0.1, -0.05) is 18.2 Å². The van der Waals surface area contributed by atoms with Crippen molar-refractivity contribution in [3.63, 3.8) is 0 Å². The second-order valence-corrected chi connectivity index (χ2v) is 8.90. The second kappa shape index (κ2) is 9.17. The SMILES string of the molecule is CCNC(=NCc1ccccc1NS(C)(=O)=O)NCC1CCCS1. The average molecular weight is 371 g/mol. The van der Waals surface area contributed by atoms with E-state index in [9.17, 15) is 8.42 Å². The molecule has 0 spiro atoms. The summed E-state index contributed by atoms with van der Waals surface area (Å²) in [5, 5.41) is 7.26. The molecule has 134 valence electrons. The van der Waals surface area contributed by atoms with Gasteiger partial charge in [-0.2, -0.15) is 11.8 Å². The normalized spacial score (nSPS) is 18.4. The molecular formula is C16H26N4O2S2. The van der Waals surface area contributed by atoms with E-state index in [0.29, 0.717) is 17.5 Å². The molecule has 1 aromatic rings. The molecule has 2 rings (SSSR count). The summed E-state index contributed by atoms with van der Waals surface area (Å²) in [6, 6.07) is 7.32. The molecule has 1 saturated heterocycles. The van der Waals surface area contributed by atoms with Crippen LogP contribution in [-0.2, 0) is 16.6 Å². The Kier molecular flexibility index (Phi) is 7.23. The molecule has 3 N–H and O–H groups in total. The Bertz CT molecular complexity index is 656. The molecule has 8 heteroatoms. The van der Waals surface area contributed by atoms with Gasteiger partial charge in [0.25, 0.3) is 0 Å². The number of nitrogens with one attached hydrogen (secondary N) is 3. The summed E-state index contributed by atoms with van der Waals surface area (Å²) in [6.07, 6.45) is 3.69. The fourth-order valence-corrected chi connectivity index (χ4v) is 4.28. The monoisotopic (exact) mass is 370 g/mol. The van der Waals surface area contributed by atoms with E-state index in [1.165, 1.54) is 18.6 Å². The maximum Gasteiger partial charge on any atom is 0.229 e. The molecule has 0 amide bonds. The average Bonchev–Trinajstić information content (AvgIpc) is 3.03. The van der Waals surface area contributed by atoms with Gasteiger partial charge in [-0.25, -0.2) is 13.4 Å². The summed E-state index contributed by atoms with van der Waals surface area (Å²) in [7, 11) is -3.30. The Morgan fingerprint density at radius 3 is 2.79 bits per heavy atom. The number of thioether (sulfide) groups is 1. The molecule has 1 aromatic carbocycles. The van der Waals surface area contributed by atoms with Crippen molar-refractivity contribution in [3.8, 4) is 0 Å². The topological polar surface area (TPSA) is 82.6 Å². The summed E-state index contributed by atoms with van der Waals surface area (Å²) in [6.45, 7) is 4.12. The zero-order valence-electron chi connectivity index (χ0n) is 14.2. The van der Waals surface area contributed by atoms with Gasteiger partial charge in [0.15, 0.2) is 5.96 Å². The van der Waals surface area contributed by atoms with E-state index in [-0.39, 0.29) is 0 Å². The number of nitrogens with zero attached hydrogens (tertiary/aromatic N) is 1. The van der Waals surface area contributed by atoms with Crippen molar-refractivity contribution >= 4 is 33.4 Å². The van der Waals surface area contributed by atoms with Crippen LogP contribution in [0, 0.1) is 0 Å².